The van der Waals surface area contributed by atoms with E-state index in [0.717, 1.165) is 0 Å². The Balaban J connectivity index is 4.59. The van der Waals surface area contributed by atoms with E-state index in [4.69, 9.17) is 14.2 Å². The number of ether oxygens (including phenoxy) is 3. The molecular formula is C10H16O3. The topological polar surface area (TPSA) is 27.7 Å². The van der Waals surface area contributed by atoms with E-state index >= 15 is 0 Å². The van der Waals surface area contributed by atoms with Gasteiger partial charge in [0.05, 0.1) is 14.2 Å². The minimum Gasteiger partial charge on any atom is -0.495 e. The molecule has 0 aromatic rings. The van der Waals surface area contributed by atoms with E-state index in [1.807, 2.05) is 0 Å². The van der Waals surface area contributed by atoms with Gasteiger partial charge in [0.15, 0.2) is 11.5 Å². The molecule has 0 aromatic heterocycles. The normalized spacial score (nSPS) is 12.5. The van der Waals surface area contributed by atoms with Crippen molar-refractivity contribution in [1.82, 2.24) is 0 Å². The minimum atomic E-state index is 0.390. The van der Waals surface area contributed by atoms with Gasteiger partial charge in [-0.05, 0) is 6.08 Å². The van der Waals surface area contributed by atoms with Crippen LogP contribution in [0.4, 0.5) is 0 Å². The highest BCUT2D eigenvalue weighted by Gasteiger charge is 2.03. The monoisotopic (exact) mass is 184 g/mol. The molecule has 0 N–H and O–H groups in total. The van der Waals surface area contributed by atoms with E-state index in [1.54, 1.807) is 39.6 Å². The number of hydrogen-bond donors (Lipinski definition) is 0. The number of hydrogen-bond acceptors (Lipinski definition) is 3. The van der Waals surface area contributed by atoms with Gasteiger partial charge in [0.25, 0.3) is 0 Å². The van der Waals surface area contributed by atoms with Crippen molar-refractivity contribution in [2.45, 2.75) is 0 Å². The van der Waals surface area contributed by atoms with Crippen LogP contribution in [0.5, 0.6) is 0 Å². The number of allylic oxidation sites excluding steroid dienone is 3. The van der Waals surface area contributed by atoms with Gasteiger partial charge in [-0.15, -0.1) is 0 Å². The molecule has 0 rings (SSSR count). The van der Waals surface area contributed by atoms with Crippen LogP contribution in [0.25, 0.3) is 0 Å². The Kier molecular flexibility index (Phi) is 6.73. The first-order chi connectivity index (χ1) is 6.29. The molecule has 0 fully saturated rings. The molecule has 0 heterocycles. The van der Waals surface area contributed by atoms with Crippen LogP contribution in [0.3, 0.4) is 0 Å². The molecule has 0 aromatic carbocycles. The van der Waals surface area contributed by atoms with Crippen molar-refractivity contribution in [3.05, 3.63) is 36.3 Å². The van der Waals surface area contributed by atoms with Gasteiger partial charge in [0, 0.05) is 7.11 Å². The van der Waals surface area contributed by atoms with E-state index in [-0.39, 0.29) is 0 Å². The first-order valence-corrected chi connectivity index (χ1v) is 3.89. The van der Waals surface area contributed by atoms with Crippen LogP contribution in [-0.2, 0) is 14.2 Å². The third-order valence-corrected chi connectivity index (χ3v) is 1.40. The molecule has 13 heavy (non-hydrogen) atoms. The highest BCUT2D eigenvalue weighted by atomic mass is 16.5. The summed E-state index contributed by atoms with van der Waals surface area (Å²) in [5.41, 5.74) is 0. The molecule has 0 saturated carbocycles. The molecular weight excluding hydrogens is 168 g/mol. The molecule has 74 valence electrons. The molecule has 3 nitrogen and oxygen atoms in total. The molecule has 0 spiro atoms. The quantitative estimate of drug-likeness (QED) is 0.466. The average Bonchev–Trinajstić information content (AvgIpc) is 2.17. The highest BCUT2D eigenvalue weighted by Crippen LogP contribution is 2.08. The molecule has 0 saturated heterocycles. The summed E-state index contributed by atoms with van der Waals surface area (Å²) in [6.07, 6.45) is 5.21. The maximum absolute atomic E-state index is 5.10. The molecule has 0 bridgehead atoms. The summed E-state index contributed by atoms with van der Waals surface area (Å²) < 4.78 is 15.1. The van der Waals surface area contributed by atoms with Gasteiger partial charge in [-0.2, -0.15) is 0 Å². The van der Waals surface area contributed by atoms with E-state index in [0.29, 0.717) is 18.1 Å². The lowest BCUT2D eigenvalue weighted by molar-refractivity contribution is 0.141. The lowest BCUT2D eigenvalue weighted by atomic mass is 10.3. The first-order valence-electron chi connectivity index (χ1n) is 3.89. The lowest BCUT2D eigenvalue weighted by Crippen LogP contribution is -2.02. The first kappa shape index (κ1) is 11.8. The lowest BCUT2D eigenvalue weighted by Gasteiger charge is -2.08. The summed E-state index contributed by atoms with van der Waals surface area (Å²) in [5.74, 6) is 1.30. The molecule has 0 aliphatic heterocycles. The second-order valence-corrected chi connectivity index (χ2v) is 2.22. The minimum absolute atomic E-state index is 0.390. The summed E-state index contributed by atoms with van der Waals surface area (Å²) in [7, 11) is 4.76. The maximum Gasteiger partial charge on any atom is 0.163 e. The van der Waals surface area contributed by atoms with Crippen LogP contribution in [0.15, 0.2) is 36.3 Å². The summed E-state index contributed by atoms with van der Waals surface area (Å²) in [6, 6.07) is 0. The second-order valence-electron chi connectivity index (χ2n) is 2.22. The van der Waals surface area contributed by atoms with Crippen molar-refractivity contribution in [2.24, 2.45) is 0 Å². The molecule has 0 aliphatic carbocycles. The van der Waals surface area contributed by atoms with E-state index in [1.165, 1.54) is 0 Å². The van der Waals surface area contributed by atoms with Crippen molar-refractivity contribution in [1.29, 1.82) is 0 Å². The SMILES string of the molecule is C=C/C=C\C(OC)=C(/COC)OC. The van der Waals surface area contributed by atoms with Gasteiger partial charge >= 0.3 is 0 Å². The van der Waals surface area contributed by atoms with E-state index in [2.05, 4.69) is 6.58 Å². The van der Waals surface area contributed by atoms with Crippen molar-refractivity contribution < 1.29 is 14.2 Å². The third kappa shape index (κ3) is 4.38. The number of methoxy groups -OCH3 is 3. The Bertz CT molecular complexity index is 204. The van der Waals surface area contributed by atoms with Crippen LogP contribution in [0.1, 0.15) is 0 Å². The Hall–Kier alpha value is -1.22. The standard InChI is InChI=1S/C10H16O3/c1-5-6-7-9(12-3)10(13-4)8-11-2/h5-7H,1,8H2,2-4H3/b7-6-,10-9-. The van der Waals surface area contributed by atoms with E-state index < -0.39 is 0 Å². The van der Waals surface area contributed by atoms with Crippen LogP contribution in [0.2, 0.25) is 0 Å². The maximum atomic E-state index is 5.10. The second kappa shape index (κ2) is 7.43. The van der Waals surface area contributed by atoms with Gasteiger partial charge in [-0.1, -0.05) is 18.7 Å². The predicted molar refractivity (Wildman–Crippen MR) is 52.3 cm³/mol. The summed E-state index contributed by atoms with van der Waals surface area (Å²) in [5, 5.41) is 0. The summed E-state index contributed by atoms with van der Waals surface area (Å²) in [4.78, 5) is 0. The Morgan fingerprint density at radius 3 is 2.31 bits per heavy atom. The van der Waals surface area contributed by atoms with Crippen LogP contribution < -0.4 is 0 Å². The molecule has 3 heteroatoms. The van der Waals surface area contributed by atoms with Crippen molar-refractivity contribution >= 4 is 0 Å². The molecule has 0 amide bonds. The van der Waals surface area contributed by atoms with Crippen molar-refractivity contribution in [3.63, 3.8) is 0 Å². The van der Waals surface area contributed by atoms with Gasteiger partial charge in [0.1, 0.15) is 6.61 Å². The Morgan fingerprint density at radius 2 is 1.92 bits per heavy atom. The van der Waals surface area contributed by atoms with Crippen molar-refractivity contribution in [3.8, 4) is 0 Å². The summed E-state index contributed by atoms with van der Waals surface area (Å²) in [6.45, 7) is 3.95. The van der Waals surface area contributed by atoms with Crippen LogP contribution >= 0.6 is 0 Å². The molecule has 0 unspecified atom stereocenters. The summed E-state index contributed by atoms with van der Waals surface area (Å²) >= 11 is 0. The van der Waals surface area contributed by atoms with Gasteiger partial charge in [0.2, 0.25) is 0 Å². The van der Waals surface area contributed by atoms with Gasteiger partial charge < -0.3 is 14.2 Å². The zero-order valence-corrected chi connectivity index (χ0v) is 8.37. The zero-order chi connectivity index (χ0) is 10.1. The Morgan fingerprint density at radius 1 is 1.23 bits per heavy atom. The van der Waals surface area contributed by atoms with Gasteiger partial charge in [-0.25, -0.2) is 0 Å². The molecule has 0 atom stereocenters. The molecule has 0 aliphatic rings. The highest BCUT2D eigenvalue weighted by molar-refractivity contribution is 5.19. The van der Waals surface area contributed by atoms with Crippen LogP contribution in [0, 0.1) is 0 Å². The Labute approximate surface area is 79.3 Å². The molecule has 0 radical (unpaired) electrons. The fraction of sp³-hybridized carbons (Fsp3) is 0.400. The largest absolute Gasteiger partial charge is 0.495 e. The van der Waals surface area contributed by atoms with Gasteiger partial charge in [-0.3, -0.25) is 0 Å². The fourth-order valence-electron chi connectivity index (χ4n) is 0.792. The third-order valence-electron chi connectivity index (χ3n) is 1.40. The predicted octanol–water partition coefficient (Wildman–Crippen LogP) is 1.88. The fourth-order valence-corrected chi connectivity index (χ4v) is 0.792. The number of rotatable bonds is 6. The smallest absolute Gasteiger partial charge is 0.163 e. The van der Waals surface area contributed by atoms with E-state index in [9.17, 15) is 0 Å². The average molecular weight is 184 g/mol. The van der Waals surface area contributed by atoms with Crippen molar-refractivity contribution in [2.75, 3.05) is 27.9 Å². The zero-order valence-electron chi connectivity index (χ0n) is 8.37. The van der Waals surface area contributed by atoms with Crippen LogP contribution in [-0.4, -0.2) is 27.9 Å².